The highest BCUT2D eigenvalue weighted by molar-refractivity contribution is 7.57. The molecule has 21 atom stereocenters. The van der Waals surface area contributed by atoms with Gasteiger partial charge in [0.15, 0.2) is 38.6 Å². The van der Waals surface area contributed by atoms with Crippen LogP contribution in [0, 0.1) is 0 Å². The average molecular weight is 1570 g/mol. The van der Waals surface area contributed by atoms with Crippen LogP contribution in [0.5, 0.6) is 0 Å². The van der Waals surface area contributed by atoms with Crippen molar-refractivity contribution in [1.29, 1.82) is 0 Å². The summed E-state index contributed by atoms with van der Waals surface area (Å²) in [5.41, 5.74) is 0. The van der Waals surface area contributed by atoms with Gasteiger partial charge in [0.1, 0.15) is 97.4 Å². The topological polar surface area (TPSA) is 599 Å². The predicted octanol–water partition coefficient (Wildman–Crippen LogP) is -8.86. The minimum Gasteiger partial charge on any atom is -0.394 e. The van der Waals surface area contributed by atoms with Crippen LogP contribution in [0.3, 0.4) is 0 Å². The molecule has 19 N–H and O–H groups in total. The third kappa shape index (κ3) is 32.1. The van der Waals surface area contributed by atoms with Gasteiger partial charge in [-0.3, -0.25) is 47.7 Å². The molecule has 9 unspecified atom stereocenters. The van der Waals surface area contributed by atoms with E-state index in [9.17, 15) is 114 Å². The van der Waals surface area contributed by atoms with Crippen LogP contribution >= 0.6 is 7.37 Å². The number of unbranched alkanes of at least 4 members (excludes halogenated alkanes) is 4. The van der Waals surface area contributed by atoms with Crippen LogP contribution in [0.15, 0.2) is 0 Å². The summed E-state index contributed by atoms with van der Waals surface area (Å²) in [6.45, 7) is 1.67. The number of aliphatic hydroxyl groups is 13. The molecule has 4 rings (SSSR count). The molecule has 0 spiro atoms. The fourth-order valence-electron chi connectivity index (χ4n) is 12.0. The van der Waals surface area contributed by atoms with Crippen molar-refractivity contribution in [1.82, 2.24) is 46.6 Å². The molecule has 0 aromatic carbocycles. The molecule has 4 aliphatic heterocycles. The van der Waals surface area contributed by atoms with E-state index in [0.717, 1.165) is 4.90 Å². The van der Waals surface area contributed by atoms with E-state index in [-0.39, 0.29) is 156 Å². The number of hydrogen-bond acceptors (Lipinski definition) is 32. The van der Waals surface area contributed by atoms with Gasteiger partial charge in [-0.05, 0) is 51.4 Å². The van der Waals surface area contributed by atoms with Gasteiger partial charge in [-0.15, -0.1) is 0 Å². The van der Waals surface area contributed by atoms with Gasteiger partial charge >= 0.3 is 0 Å². The van der Waals surface area contributed by atoms with Gasteiger partial charge in [-0.25, -0.2) is 0 Å². The first-order valence-corrected chi connectivity index (χ1v) is 38.5. The standard InChI is InChI=1S/C65H116N9O32P/c1-36(79)68-49-57(92)53(88)41(31-75)103-62(49)98-27-11-7-15-45(84)66-19-21-72(47(86)17-9-13-29-100-64-51(70-38(3)81)59(94)55(90)43(33-77)105-64)23-25-74(61(96)40(83)35-102-107(5,6)97)26-24-73(48(87)18-10-14-30-101-65-52(71-39(4)82)60(95)56(91)44(34-78)106-65)22-20-67-46(85)16-8-12-28-99-63-50(69-37(2)80)58(93)54(89)42(32-76)104-63/h40-44,49-60,62-65,75-78,83,88-95H,7-35H2,1-6H3,(H,66,84)(H,67,85)(H,68,79)(H,69,80)(H,70,81)(H,71,82)/t40?,41?,42?,43?,44?,49?,50?,51?,52?,53-,54-,55-,56-,57+,58+,59+,60+,62+,63+,64+,65+/m0/s1. The van der Waals surface area contributed by atoms with Gasteiger partial charge < -0.3 is 155 Å². The van der Waals surface area contributed by atoms with Crippen LogP contribution in [-0.2, 0) is 90.1 Å². The third-order valence-corrected chi connectivity index (χ3v) is 18.6. The molecule has 0 aromatic heterocycles. The molecule has 107 heavy (non-hydrogen) atoms. The predicted molar refractivity (Wildman–Crippen MR) is 368 cm³/mol. The Bertz CT molecular complexity index is 2630. The molecule has 4 fully saturated rings. The Morgan fingerprint density at radius 3 is 0.907 bits per heavy atom. The van der Waals surface area contributed by atoms with Crippen molar-refractivity contribution >= 4 is 60.5 Å². The van der Waals surface area contributed by atoms with Gasteiger partial charge in [0.05, 0.1) is 33.0 Å². The van der Waals surface area contributed by atoms with Gasteiger partial charge in [0.25, 0.3) is 5.91 Å². The molecule has 0 saturated carbocycles. The molecule has 0 radical (unpaired) electrons. The summed E-state index contributed by atoms with van der Waals surface area (Å²) in [4.78, 5) is 121. The van der Waals surface area contributed by atoms with Crippen molar-refractivity contribution in [3.05, 3.63) is 0 Å². The highest BCUT2D eigenvalue weighted by Gasteiger charge is 2.49. The monoisotopic (exact) mass is 1570 g/mol. The molecule has 0 bridgehead atoms. The maximum absolute atomic E-state index is 14.4. The lowest BCUT2D eigenvalue weighted by Crippen LogP contribution is -2.64. The van der Waals surface area contributed by atoms with Crippen molar-refractivity contribution in [3.8, 4) is 0 Å². The number of nitrogens with zero attached hydrogens (tertiary/aromatic N) is 3. The number of carbonyl (C=O) groups excluding carboxylic acids is 9. The summed E-state index contributed by atoms with van der Waals surface area (Å²) in [6.07, 6.45) is -23.4. The number of rotatable bonds is 48. The zero-order chi connectivity index (χ0) is 79.7. The fraction of sp³-hybridized carbons (Fsp3) is 0.862. The van der Waals surface area contributed by atoms with Crippen LogP contribution in [0.2, 0.25) is 0 Å². The van der Waals surface area contributed by atoms with Gasteiger partial charge in [-0.1, -0.05) is 0 Å². The first-order chi connectivity index (χ1) is 50.7. The summed E-state index contributed by atoms with van der Waals surface area (Å²) in [5, 5.41) is 150. The maximum Gasteiger partial charge on any atom is 0.253 e. The smallest absolute Gasteiger partial charge is 0.253 e. The zero-order valence-electron chi connectivity index (χ0n) is 61.5. The van der Waals surface area contributed by atoms with E-state index >= 15 is 0 Å². The molecular weight excluding hydrogens is 1450 g/mol. The van der Waals surface area contributed by atoms with Crippen molar-refractivity contribution < 1.29 is 157 Å². The number of ether oxygens (including phenoxy) is 8. The van der Waals surface area contributed by atoms with Gasteiger partial charge in [-0.2, -0.15) is 0 Å². The normalized spacial score (nSPS) is 29.0. The van der Waals surface area contributed by atoms with E-state index in [1.807, 2.05) is 0 Å². The second-order valence-corrected chi connectivity index (χ2v) is 29.7. The molecular formula is C65H116N9O32P. The largest absolute Gasteiger partial charge is 0.394 e. The highest BCUT2D eigenvalue weighted by atomic mass is 31.2. The Hall–Kier alpha value is -5.42. The van der Waals surface area contributed by atoms with Crippen molar-refractivity contribution in [2.45, 2.75) is 233 Å². The molecule has 0 aliphatic carbocycles. The van der Waals surface area contributed by atoms with Crippen LogP contribution < -0.4 is 31.9 Å². The van der Waals surface area contributed by atoms with E-state index in [0.29, 0.717) is 0 Å². The number of nitrogens with one attached hydrogen (secondary N) is 6. The number of aliphatic hydroxyl groups excluding tert-OH is 13. The van der Waals surface area contributed by atoms with Crippen molar-refractivity contribution in [2.24, 2.45) is 0 Å². The van der Waals surface area contributed by atoms with Crippen LogP contribution in [-0.4, -0.2) is 388 Å². The van der Waals surface area contributed by atoms with Crippen molar-refractivity contribution in [3.63, 3.8) is 0 Å². The second kappa shape index (κ2) is 48.4. The van der Waals surface area contributed by atoms with E-state index in [1.54, 1.807) is 0 Å². The lowest BCUT2D eigenvalue weighted by atomic mass is 9.97. The number of amides is 9. The van der Waals surface area contributed by atoms with E-state index < -0.39 is 222 Å². The zero-order valence-corrected chi connectivity index (χ0v) is 62.4. The van der Waals surface area contributed by atoms with Crippen LogP contribution in [0.4, 0.5) is 0 Å². The summed E-state index contributed by atoms with van der Waals surface area (Å²) < 4.78 is 63.6. The third-order valence-electron chi connectivity index (χ3n) is 17.8. The van der Waals surface area contributed by atoms with Crippen molar-refractivity contribution in [2.75, 3.05) is 125 Å². The SMILES string of the molecule is CC(=O)NC1[C@H](OCCCCC(=O)NCCN(CCN(CCN(CCNC(=O)CCCCO[C@@H]2OC(CO)[C@H](O)[C@H](O)C2NC(C)=O)C(=O)CCCCO[C@@H]2OC(CO)[C@H](O)[C@H](O)C2NC(C)=O)C(=O)C(O)COP(C)(C)=O)C(=O)CCCCO[C@@H]2OC(CO)[C@H](O)[C@H](O)C2NC(C)=O)OC(CO)[C@H](O)[C@@H]1O. The Morgan fingerprint density at radius 2 is 0.654 bits per heavy atom. The fourth-order valence-corrected chi connectivity index (χ4v) is 12.5. The van der Waals surface area contributed by atoms with Gasteiger partial charge in [0, 0.05) is 145 Å². The first kappa shape index (κ1) is 94.0. The quantitative estimate of drug-likeness (QED) is 0.0199. The first-order valence-electron chi connectivity index (χ1n) is 36.0. The summed E-state index contributed by atoms with van der Waals surface area (Å²) in [6, 6.07) is -4.86. The Labute approximate surface area is 620 Å². The van der Waals surface area contributed by atoms with Crippen LogP contribution in [0.25, 0.3) is 0 Å². The van der Waals surface area contributed by atoms with Crippen LogP contribution in [0.1, 0.15) is 105 Å². The molecule has 618 valence electrons. The molecule has 4 aliphatic rings. The van der Waals surface area contributed by atoms with E-state index in [2.05, 4.69) is 31.9 Å². The van der Waals surface area contributed by atoms with E-state index in [1.165, 1.54) is 50.8 Å². The minimum atomic E-state index is -3.29. The Morgan fingerprint density at radius 1 is 0.393 bits per heavy atom. The second-order valence-electron chi connectivity index (χ2n) is 26.9. The molecule has 42 heteroatoms. The summed E-state index contributed by atoms with van der Waals surface area (Å²) >= 11 is 0. The molecule has 9 amide bonds. The minimum absolute atomic E-state index is 0.0459. The number of carbonyl (C=O) groups is 9. The molecule has 0 aromatic rings. The lowest BCUT2D eigenvalue weighted by molar-refractivity contribution is -0.270. The number of hydrogen-bond donors (Lipinski definition) is 19. The van der Waals surface area contributed by atoms with Gasteiger partial charge in [0.2, 0.25) is 47.3 Å². The Kier molecular flexibility index (Phi) is 42.5. The summed E-state index contributed by atoms with van der Waals surface area (Å²) in [7, 11) is -3.29. The highest BCUT2D eigenvalue weighted by Crippen LogP contribution is 2.37. The Balaban J connectivity index is 1.53. The molecule has 41 nitrogen and oxygen atoms in total. The molecule has 4 heterocycles. The lowest BCUT2D eigenvalue weighted by Gasteiger charge is -2.42. The average Bonchev–Trinajstić information content (AvgIpc) is 0.826. The maximum atomic E-state index is 14.4. The molecule has 4 saturated heterocycles. The van der Waals surface area contributed by atoms with E-state index in [4.69, 9.17) is 42.4 Å². The summed E-state index contributed by atoms with van der Waals surface area (Å²) in [5.74, 6) is -5.16.